The first kappa shape index (κ1) is 10.7. The summed E-state index contributed by atoms with van der Waals surface area (Å²) in [6.07, 6.45) is 2.42. The van der Waals surface area contributed by atoms with Crippen LogP contribution >= 0.6 is 0 Å². The third-order valence-electron chi connectivity index (χ3n) is 3.40. The molecular formula is C13H17N3O. The van der Waals surface area contributed by atoms with Gasteiger partial charge in [-0.25, -0.2) is 4.98 Å². The number of imidazole rings is 1. The van der Waals surface area contributed by atoms with Crippen LogP contribution in [0.3, 0.4) is 0 Å². The minimum Gasteiger partial charge on any atom is -0.394 e. The summed E-state index contributed by atoms with van der Waals surface area (Å²) < 4.78 is 2.18. The highest BCUT2D eigenvalue weighted by Crippen LogP contribution is 2.40. The average molecular weight is 231 g/mol. The van der Waals surface area contributed by atoms with E-state index in [2.05, 4.69) is 22.4 Å². The molecule has 1 fully saturated rings. The quantitative estimate of drug-likeness (QED) is 0.841. The van der Waals surface area contributed by atoms with Crippen LogP contribution in [-0.4, -0.2) is 21.1 Å². The number of aliphatic hydroxyl groups is 1. The number of hydrogen-bond donors (Lipinski definition) is 2. The third kappa shape index (κ3) is 1.64. The summed E-state index contributed by atoms with van der Waals surface area (Å²) in [7, 11) is 0. The minimum atomic E-state index is -0.390. The standard InChI is InChI=1S/C13H17N3O/c1-8-3-2-4-11-12(10(14)7-17)15-13(16(8)11)9-5-6-9/h2-4,9-10,17H,5-7,14H2,1H3. The molecule has 0 bridgehead atoms. The molecule has 0 spiro atoms. The van der Waals surface area contributed by atoms with Crippen molar-refractivity contribution in [3.05, 3.63) is 35.4 Å². The van der Waals surface area contributed by atoms with Crippen molar-refractivity contribution in [3.63, 3.8) is 0 Å². The van der Waals surface area contributed by atoms with Gasteiger partial charge in [-0.2, -0.15) is 0 Å². The molecule has 1 aliphatic rings. The van der Waals surface area contributed by atoms with E-state index in [1.807, 2.05) is 12.1 Å². The van der Waals surface area contributed by atoms with E-state index < -0.39 is 0 Å². The number of aromatic nitrogens is 2. The van der Waals surface area contributed by atoms with E-state index in [9.17, 15) is 5.11 Å². The average Bonchev–Trinajstić information content (AvgIpc) is 3.10. The fourth-order valence-corrected chi connectivity index (χ4v) is 2.33. The lowest BCUT2D eigenvalue weighted by Crippen LogP contribution is -2.15. The predicted octanol–water partition coefficient (Wildman–Crippen LogP) is 1.51. The number of pyridine rings is 1. The van der Waals surface area contributed by atoms with Gasteiger partial charge in [0.25, 0.3) is 0 Å². The minimum absolute atomic E-state index is 0.0648. The summed E-state index contributed by atoms with van der Waals surface area (Å²) in [6.45, 7) is 2.01. The van der Waals surface area contributed by atoms with Crippen LogP contribution in [0.2, 0.25) is 0 Å². The Morgan fingerprint density at radius 1 is 1.53 bits per heavy atom. The van der Waals surface area contributed by atoms with Gasteiger partial charge < -0.3 is 15.2 Å². The zero-order valence-corrected chi connectivity index (χ0v) is 9.93. The highest BCUT2D eigenvalue weighted by atomic mass is 16.3. The van der Waals surface area contributed by atoms with E-state index in [1.54, 1.807) is 0 Å². The molecular weight excluding hydrogens is 214 g/mol. The Morgan fingerprint density at radius 2 is 2.29 bits per heavy atom. The normalized spacial score (nSPS) is 17.6. The first-order chi connectivity index (χ1) is 8.22. The number of hydrogen-bond acceptors (Lipinski definition) is 3. The van der Waals surface area contributed by atoms with Gasteiger partial charge in [-0.15, -0.1) is 0 Å². The number of aliphatic hydroxyl groups excluding tert-OH is 1. The smallest absolute Gasteiger partial charge is 0.116 e. The van der Waals surface area contributed by atoms with Crippen LogP contribution < -0.4 is 5.73 Å². The van der Waals surface area contributed by atoms with Gasteiger partial charge in [-0.1, -0.05) is 6.07 Å². The van der Waals surface area contributed by atoms with Gasteiger partial charge in [0.15, 0.2) is 0 Å². The van der Waals surface area contributed by atoms with Crippen molar-refractivity contribution in [2.75, 3.05) is 6.61 Å². The highest BCUT2D eigenvalue weighted by Gasteiger charge is 2.30. The summed E-state index contributed by atoms with van der Waals surface area (Å²) in [4.78, 5) is 4.66. The first-order valence-electron chi connectivity index (χ1n) is 6.06. The van der Waals surface area contributed by atoms with Crippen LogP contribution in [0.4, 0.5) is 0 Å². The fraction of sp³-hybridized carbons (Fsp3) is 0.462. The van der Waals surface area contributed by atoms with Crippen molar-refractivity contribution in [3.8, 4) is 0 Å². The predicted molar refractivity (Wildman–Crippen MR) is 65.9 cm³/mol. The van der Waals surface area contributed by atoms with Crippen molar-refractivity contribution < 1.29 is 5.11 Å². The van der Waals surface area contributed by atoms with Gasteiger partial charge in [-0.05, 0) is 31.9 Å². The van der Waals surface area contributed by atoms with Gasteiger partial charge in [0, 0.05) is 11.6 Å². The van der Waals surface area contributed by atoms with Crippen LogP contribution in [0.25, 0.3) is 5.52 Å². The first-order valence-corrected chi connectivity index (χ1v) is 6.06. The zero-order chi connectivity index (χ0) is 12.0. The van der Waals surface area contributed by atoms with Crippen molar-refractivity contribution in [2.45, 2.75) is 31.7 Å². The molecule has 0 amide bonds. The van der Waals surface area contributed by atoms with Crippen LogP contribution in [0.5, 0.6) is 0 Å². The molecule has 1 saturated carbocycles. The van der Waals surface area contributed by atoms with E-state index >= 15 is 0 Å². The Morgan fingerprint density at radius 3 is 2.94 bits per heavy atom. The summed E-state index contributed by atoms with van der Waals surface area (Å²) in [6, 6.07) is 5.72. The molecule has 4 nitrogen and oxygen atoms in total. The number of nitrogens with zero attached hydrogens (tertiary/aromatic N) is 2. The molecule has 2 aromatic heterocycles. The Balaban J connectivity index is 2.26. The fourth-order valence-electron chi connectivity index (χ4n) is 2.33. The molecule has 17 heavy (non-hydrogen) atoms. The number of rotatable bonds is 3. The highest BCUT2D eigenvalue weighted by molar-refractivity contribution is 5.56. The van der Waals surface area contributed by atoms with Gasteiger partial charge in [-0.3, -0.25) is 0 Å². The number of fused-ring (bicyclic) bond motifs is 1. The molecule has 0 aromatic carbocycles. The molecule has 2 heterocycles. The summed E-state index contributed by atoms with van der Waals surface area (Å²) in [5.74, 6) is 1.68. The maximum absolute atomic E-state index is 9.21. The van der Waals surface area contributed by atoms with Gasteiger partial charge in [0.2, 0.25) is 0 Å². The number of aryl methyl sites for hydroxylation is 1. The van der Waals surface area contributed by atoms with E-state index in [0.717, 1.165) is 17.0 Å². The van der Waals surface area contributed by atoms with Crippen LogP contribution in [0.15, 0.2) is 18.2 Å². The molecule has 1 atom stereocenters. The van der Waals surface area contributed by atoms with E-state index in [4.69, 9.17) is 5.73 Å². The lowest BCUT2D eigenvalue weighted by molar-refractivity contribution is 0.266. The van der Waals surface area contributed by atoms with Crippen molar-refractivity contribution in [1.29, 1.82) is 0 Å². The van der Waals surface area contributed by atoms with Crippen LogP contribution in [0, 0.1) is 6.92 Å². The lowest BCUT2D eigenvalue weighted by atomic mass is 10.2. The molecule has 1 aliphatic carbocycles. The molecule has 3 N–H and O–H groups in total. The van der Waals surface area contributed by atoms with E-state index in [-0.39, 0.29) is 12.6 Å². The SMILES string of the molecule is Cc1cccc2c(C(N)CO)nc(C3CC3)n12. The molecule has 3 rings (SSSR count). The molecule has 1 unspecified atom stereocenters. The topological polar surface area (TPSA) is 63.5 Å². The molecule has 0 aliphatic heterocycles. The second-order valence-corrected chi connectivity index (χ2v) is 4.81. The monoisotopic (exact) mass is 231 g/mol. The van der Waals surface area contributed by atoms with Crippen LogP contribution in [0.1, 0.15) is 42.0 Å². The summed E-state index contributed by atoms with van der Waals surface area (Å²) in [5.41, 5.74) is 8.95. The van der Waals surface area contributed by atoms with Crippen molar-refractivity contribution >= 4 is 5.52 Å². The van der Waals surface area contributed by atoms with E-state index in [0.29, 0.717) is 5.92 Å². The molecule has 0 radical (unpaired) electrons. The maximum atomic E-state index is 9.21. The number of nitrogens with two attached hydrogens (primary N) is 1. The molecule has 0 saturated heterocycles. The summed E-state index contributed by atoms with van der Waals surface area (Å²) in [5, 5.41) is 9.21. The Hall–Kier alpha value is -1.39. The maximum Gasteiger partial charge on any atom is 0.116 e. The Bertz CT molecular complexity index is 557. The van der Waals surface area contributed by atoms with Gasteiger partial charge in [0.1, 0.15) is 5.82 Å². The molecule has 90 valence electrons. The molecule has 2 aromatic rings. The second kappa shape index (κ2) is 3.82. The summed E-state index contributed by atoms with van der Waals surface area (Å²) >= 11 is 0. The van der Waals surface area contributed by atoms with Crippen LogP contribution in [-0.2, 0) is 0 Å². The molecule has 4 heteroatoms. The third-order valence-corrected chi connectivity index (χ3v) is 3.40. The van der Waals surface area contributed by atoms with Gasteiger partial charge in [0.05, 0.1) is 23.9 Å². The largest absolute Gasteiger partial charge is 0.394 e. The van der Waals surface area contributed by atoms with Crippen molar-refractivity contribution in [1.82, 2.24) is 9.38 Å². The lowest BCUT2D eigenvalue weighted by Gasteiger charge is -2.06. The van der Waals surface area contributed by atoms with Gasteiger partial charge >= 0.3 is 0 Å². The Kier molecular flexibility index (Phi) is 2.42. The second-order valence-electron chi connectivity index (χ2n) is 4.81. The van der Waals surface area contributed by atoms with Crippen molar-refractivity contribution in [2.24, 2.45) is 5.73 Å². The zero-order valence-electron chi connectivity index (χ0n) is 9.93. The van der Waals surface area contributed by atoms with E-state index in [1.165, 1.54) is 18.5 Å². The Labute approximate surface area is 100 Å².